The Hall–Kier alpha value is -1.15. The summed E-state index contributed by atoms with van der Waals surface area (Å²) in [6.07, 6.45) is 1.77. The molecule has 0 saturated heterocycles. The molecule has 2 N–H and O–H groups in total. The van der Waals surface area contributed by atoms with Crippen molar-refractivity contribution in [1.29, 1.82) is 0 Å². The third kappa shape index (κ3) is 2.96. The minimum Gasteiger partial charge on any atom is -0.326 e. The second kappa shape index (κ2) is 4.38. The lowest BCUT2D eigenvalue weighted by Gasteiger charge is -2.16. The molecule has 0 aliphatic carbocycles. The van der Waals surface area contributed by atoms with Crippen LogP contribution < -0.4 is 5.73 Å². The zero-order valence-corrected chi connectivity index (χ0v) is 8.79. The van der Waals surface area contributed by atoms with E-state index in [2.05, 4.69) is 6.07 Å². The lowest BCUT2D eigenvalue weighted by atomic mass is 9.87. The second-order valence-electron chi connectivity index (χ2n) is 4.31. The average molecular weight is 191 g/mol. The van der Waals surface area contributed by atoms with E-state index in [1.807, 2.05) is 32.0 Å². The van der Waals surface area contributed by atoms with Gasteiger partial charge in [0.25, 0.3) is 0 Å². The van der Waals surface area contributed by atoms with Gasteiger partial charge in [-0.2, -0.15) is 0 Å². The van der Waals surface area contributed by atoms with E-state index < -0.39 is 0 Å². The molecule has 2 nitrogen and oxygen atoms in total. The van der Waals surface area contributed by atoms with Crippen LogP contribution in [0.15, 0.2) is 24.3 Å². The van der Waals surface area contributed by atoms with Crippen molar-refractivity contribution < 1.29 is 4.79 Å². The van der Waals surface area contributed by atoms with Crippen LogP contribution in [-0.2, 0) is 17.8 Å². The van der Waals surface area contributed by atoms with Gasteiger partial charge in [0.2, 0.25) is 0 Å². The molecule has 0 unspecified atom stereocenters. The molecule has 0 bridgehead atoms. The summed E-state index contributed by atoms with van der Waals surface area (Å²) in [6, 6.07) is 8.07. The van der Waals surface area contributed by atoms with Gasteiger partial charge in [-0.1, -0.05) is 38.1 Å². The Morgan fingerprint density at radius 3 is 2.57 bits per heavy atom. The topological polar surface area (TPSA) is 43.1 Å². The fourth-order valence-corrected chi connectivity index (χ4v) is 1.43. The van der Waals surface area contributed by atoms with Crippen LogP contribution in [0.1, 0.15) is 25.0 Å². The molecule has 1 rings (SSSR count). The summed E-state index contributed by atoms with van der Waals surface area (Å²) in [7, 11) is 0. The standard InChI is InChI=1S/C12H17NO/c1-12(2,9-14)7-10-4-3-5-11(6-10)8-13/h3-6,9H,7-8,13H2,1-2H3. The molecule has 0 aliphatic heterocycles. The highest BCUT2D eigenvalue weighted by Crippen LogP contribution is 2.19. The summed E-state index contributed by atoms with van der Waals surface area (Å²) in [6.45, 7) is 4.43. The van der Waals surface area contributed by atoms with Crippen LogP contribution in [0.5, 0.6) is 0 Å². The molecule has 0 aliphatic rings. The predicted molar refractivity (Wildman–Crippen MR) is 57.9 cm³/mol. The molecule has 1 aromatic carbocycles. The summed E-state index contributed by atoms with van der Waals surface area (Å²) in [5, 5.41) is 0. The lowest BCUT2D eigenvalue weighted by molar-refractivity contribution is -0.114. The monoisotopic (exact) mass is 191 g/mol. The summed E-state index contributed by atoms with van der Waals surface area (Å²) in [5.74, 6) is 0. The number of carbonyl (C=O) groups excluding carboxylic acids is 1. The number of carbonyl (C=O) groups is 1. The van der Waals surface area contributed by atoms with Crippen LogP contribution >= 0.6 is 0 Å². The van der Waals surface area contributed by atoms with Gasteiger partial charge in [0, 0.05) is 12.0 Å². The van der Waals surface area contributed by atoms with Crippen molar-refractivity contribution in [3.8, 4) is 0 Å². The van der Waals surface area contributed by atoms with E-state index in [1.165, 1.54) is 5.56 Å². The van der Waals surface area contributed by atoms with E-state index in [-0.39, 0.29) is 5.41 Å². The van der Waals surface area contributed by atoms with E-state index in [0.29, 0.717) is 6.54 Å². The molecule has 0 amide bonds. The number of nitrogens with two attached hydrogens (primary N) is 1. The van der Waals surface area contributed by atoms with E-state index in [4.69, 9.17) is 5.73 Å². The molecule has 0 heterocycles. The van der Waals surface area contributed by atoms with Crippen LogP contribution in [0, 0.1) is 5.41 Å². The van der Waals surface area contributed by atoms with Crippen molar-refractivity contribution in [2.24, 2.45) is 11.1 Å². The molecule has 0 aromatic heterocycles. The number of rotatable bonds is 4. The summed E-state index contributed by atoms with van der Waals surface area (Å²) < 4.78 is 0. The maximum Gasteiger partial charge on any atom is 0.125 e. The van der Waals surface area contributed by atoms with E-state index in [1.54, 1.807) is 0 Å². The Balaban J connectivity index is 2.81. The average Bonchev–Trinajstić information content (AvgIpc) is 2.17. The lowest BCUT2D eigenvalue weighted by Crippen LogP contribution is -2.16. The molecule has 14 heavy (non-hydrogen) atoms. The highest BCUT2D eigenvalue weighted by molar-refractivity contribution is 5.58. The first-order valence-corrected chi connectivity index (χ1v) is 4.81. The third-order valence-corrected chi connectivity index (χ3v) is 2.21. The SMILES string of the molecule is CC(C)(C=O)Cc1cccc(CN)c1. The minimum absolute atomic E-state index is 0.285. The van der Waals surface area contributed by atoms with Gasteiger partial charge in [-0.3, -0.25) is 0 Å². The molecular formula is C12H17NO. The first-order valence-electron chi connectivity index (χ1n) is 4.81. The van der Waals surface area contributed by atoms with Crippen molar-refractivity contribution in [2.45, 2.75) is 26.8 Å². The normalized spacial score (nSPS) is 11.4. The van der Waals surface area contributed by atoms with Crippen molar-refractivity contribution in [3.05, 3.63) is 35.4 Å². The van der Waals surface area contributed by atoms with Gasteiger partial charge >= 0.3 is 0 Å². The zero-order chi connectivity index (χ0) is 10.6. The minimum atomic E-state index is -0.285. The Kier molecular flexibility index (Phi) is 3.42. The number of benzene rings is 1. The molecule has 0 atom stereocenters. The van der Waals surface area contributed by atoms with E-state index >= 15 is 0 Å². The van der Waals surface area contributed by atoms with Gasteiger partial charge in [-0.05, 0) is 17.5 Å². The number of aldehydes is 1. The van der Waals surface area contributed by atoms with E-state index in [9.17, 15) is 4.79 Å². The first kappa shape index (κ1) is 10.9. The maximum absolute atomic E-state index is 10.8. The van der Waals surface area contributed by atoms with Gasteiger partial charge in [-0.15, -0.1) is 0 Å². The van der Waals surface area contributed by atoms with Gasteiger partial charge in [0.05, 0.1) is 0 Å². The van der Waals surface area contributed by atoms with Crippen molar-refractivity contribution in [1.82, 2.24) is 0 Å². The highest BCUT2D eigenvalue weighted by atomic mass is 16.1. The zero-order valence-electron chi connectivity index (χ0n) is 8.79. The molecule has 76 valence electrons. The molecule has 0 fully saturated rings. The van der Waals surface area contributed by atoms with Crippen molar-refractivity contribution in [3.63, 3.8) is 0 Å². The van der Waals surface area contributed by atoms with Gasteiger partial charge in [0.15, 0.2) is 0 Å². The first-order chi connectivity index (χ1) is 6.57. The van der Waals surface area contributed by atoms with Gasteiger partial charge in [-0.25, -0.2) is 0 Å². The highest BCUT2D eigenvalue weighted by Gasteiger charge is 2.16. The Bertz CT molecular complexity index is 318. The molecule has 0 radical (unpaired) electrons. The fraction of sp³-hybridized carbons (Fsp3) is 0.417. The van der Waals surface area contributed by atoms with Crippen LogP contribution in [0.3, 0.4) is 0 Å². The van der Waals surface area contributed by atoms with Crippen LogP contribution in [0.2, 0.25) is 0 Å². The third-order valence-electron chi connectivity index (χ3n) is 2.21. The predicted octanol–water partition coefficient (Wildman–Crippen LogP) is 1.91. The fourth-order valence-electron chi connectivity index (χ4n) is 1.43. The smallest absolute Gasteiger partial charge is 0.125 e. The largest absolute Gasteiger partial charge is 0.326 e. The van der Waals surface area contributed by atoms with Crippen molar-refractivity contribution in [2.75, 3.05) is 0 Å². The Labute approximate surface area is 85.1 Å². The second-order valence-corrected chi connectivity index (χ2v) is 4.31. The van der Waals surface area contributed by atoms with Gasteiger partial charge in [0.1, 0.15) is 6.29 Å². The van der Waals surface area contributed by atoms with Crippen molar-refractivity contribution >= 4 is 6.29 Å². The molecule has 2 heteroatoms. The summed E-state index contributed by atoms with van der Waals surface area (Å²) in [5.41, 5.74) is 7.55. The maximum atomic E-state index is 10.8. The summed E-state index contributed by atoms with van der Waals surface area (Å²) >= 11 is 0. The van der Waals surface area contributed by atoms with Crippen LogP contribution in [0.25, 0.3) is 0 Å². The summed E-state index contributed by atoms with van der Waals surface area (Å²) in [4.78, 5) is 10.8. The van der Waals surface area contributed by atoms with Gasteiger partial charge < -0.3 is 10.5 Å². The molecular weight excluding hydrogens is 174 g/mol. The number of hydrogen-bond acceptors (Lipinski definition) is 2. The quantitative estimate of drug-likeness (QED) is 0.739. The number of hydrogen-bond donors (Lipinski definition) is 1. The van der Waals surface area contributed by atoms with Crippen LogP contribution in [-0.4, -0.2) is 6.29 Å². The Morgan fingerprint density at radius 2 is 2.00 bits per heavy atom. The van der Waals surface area contributed by atoms with Crippen LogP contribution in [0.4, 0.5) is 0 Å². The molecule has 0 saturated carbocycles. The van der Waals surface area contributed by atoms with E-state index in [0.717, 1.165) is 18.3 Å². The Morgan fingerprint density at radius 1 is 1.36 bits per heavy atom. The molecule has 0 spiro atoms. The molecule has 1 aromatic rings.